The number of pyridine rings is 1. The second-order valence-corrected chi connectivity index (χ2v) is 24.1. The third-order valence-electron chi connectivity index (χ3n) is 15.3. The van der Waals surface area contributed by atoms with Crippen LogP contribution >= 0.6 is 0 Å². The summed E-state index contributed by atoms with van der Waals surface area (Å²) in [5.41, 5.74) is 12.4. The van der Waals surface area contributed by atoms with Crippen LogP contribution in [-0.4, -0.2) is 14.1 Å². The molecule has 1 aliphatic heterocycles. The second-order valence-electron chi connectivity index (χ2n) is 24.1. The van der Waals surface area contributed by atoms with Gasteiger partial charge in [0, 0.05) is 53.9 Å². The molecular weight excluding hydrogens is 913 g/mol. The van der Waals surface area contributed by atoms with E-state index in [1.54, 1.807) is 0 Å². The van der Waals surface area contributed by atoms with Gasteiger partial charge in [0.2, 0.25) is 0 Å². The van der Waals surface area contributed by atoms with E-state index in [0.717, 1.165) is 89.0 Å². The SMILES string of the molecule is [2H]C([2H])(c1cc(-c2cccc3c4ccccc4c4ccc(C(C)(C)C)cc4c4cccc5c4n(c23)CN5c2cccc(Oc3ccc4c5ccccc5n(-c5cc(C(C)(C)C)ccn5)c4c3)c2)cc(C(C)(C)C)c1)C(C)C. The second kappa shape index (κ2) is 17.9. The molecule has 3 aromatic heterocycles. The first-order valence-electron chi connectivity index (χ1n) is 27.7. The van der Waals surface area contributed by atoms with E-state index in [9.17, 15) is 2.74 Å². The Morgan fingerprint density at radius 2 is 1.12 bits per heavy atom. The van der Waals surface area contributed by atoms with Crippen molar-refractivity contribution in [2.45, 2.75) is 105 Å². The van der Waals surface area contributed by atoms with E-state index in [4.69, 9.17) is 9.72 Å². The predicted molar refractivity (Wildman–Crippen MR) is 319 cm³/mol. The van der Waals surface area contributed by atoms with E-state index in [0.29, 0.717) is 12.2 Å². The van der Waals surface area contributed by atoms with Gasteiger partial charge in [-0.1, -0.05) is 185 Å². The molecule has 0 saturated heterocycles. The van der Waals surface area contributed by atoms with Gasteiger partial charge in [-0.05, 0) is 132 Å². The average Bonchev–Trinajstić information content (AvgIpc) is 4.11. The summed E-state index contributed by atoms with van der Waals surface area (Å²) in [7, 11) is 0. The Balaban J connectivity index is 1.09. The summed E-state index contributed by atoms with van der Waals surface area (Å²) in [6.45, 7) is 24.7. The molecule has 11 aromatic rings. The van der Waals surface area contributed by atoms with Gasteiger partial charge in [-0.15, -0.1) is 0 Å². The fourth-order valence-electron chi connectivity index (χ4n) is 11.4. The molecule has 0 spiro atoms. The normalized spacial score (nSPS) is 13.7. The molecule has 0 amide bonds. The lowest BCUT2D eigenvalue weighted by Crippen LogP contribution is -2.15. The Morgan fingerprint density at radius 3 is 1.87 bits per heavy atom. The van der Waals surface area contributed by atoms with Gasteiger partial charge in [0.1, 0.15) is 24.0 Å². The zero-order valence-corrected chi connectivity index (χ0v) is 45.3. The van der Waals surface area contributed by atoms with Crippen LogP contribution in [0.3, 0.4) is 0 Å². The molecule has 5 nitrogen and oxygen atoms in total. The van der Waals surface area contributed by atoms with Gasteiger partial charge in [0.15, 0.2) is 0 Å². The summed E-state index contributed by atoms with van der Waals surface area (Å²) in [6, 6.07) is 63.7. The van der Waals surface area contributed by atoms with Crippen molar-refractivity contribution < 1.29 is 7.48 Å². The van der Waals surface area contributed by atoms with Crippen LogP contribution in [0, 0.1) is 5.92 Å². The van der Waals surface area contributed by atoms with Gasteiger partial charge in [-0.2, -0.15) is 0 Å². The molecule has 5 heteroatoms. The Bertz CT molecular complexity index is 4250. The summed E-state index contributed by atoms with van der Waals surface area (Å²) < 4.78 is 30.6. The molecule has 0 atom stereocenters. The fourth-order valence-corrected chi connectivity index (χ4v) is 11.4. The highest BCUT2D eigenvalue weighted by Crippen LogP contribution is 2.46. The first kappa shape index (κ1) is 45.7. The topological polar surface area (TPSA) is 35.2 Å². The first-order valence-corrected chi connectivity index (χ1v) is 26.7. The van der Waals surface area contributed by atoms with Crippen LogP contribution in [0.5, 0.6) is 11.5 Å². The smallest absolute Gasteiger partial charge is 0.137 e. The van der Waals surface area contributed by atoms with E-state index in [1.807, 2.05) is 26.1 Å². The van der Waals surface area contributed by atoms with Gasteiger partial charge in [0.05, 0.1) is 27.8 Å². The van der Waals surface area contributed by atoms with Crippen molar-refractivity contribution in [3.8, 4) is 28.4 Å². The van der Waals surface area contributed by atoms with Crippen molar-refractivity contribution in [3.05, 3.63) is 204 Å². The lowest BCUT2D eigenvalue weighted by molar-refractivity contribution is 0.483. The van der Waals surface area contributed by atoms with Crippen LogP contribution in [-0.2, 0) is 29.3 Å². The third-order valence-corrected chi connectivity index (χ3v) is 15.3. The number of ether oxygens (including phenoxy) is 1. The Morgan fingerprint density at radius 1 is 0.507 bits per heavy atom. The van der Waals surface area contributed by atoms with E-state index >= 15 is 0 Å². The molecule has 4 heterocycles. The van der Waals surface area contributed by atoms with Crippen LogP contribution in [0.1, 0.15) is 101 Å². The fraction of sp³-hybridized carbons (Fsp3) is 0.243. The number of benzene rings is 8. The van der Waals surface area contributed by atoms with Crippen molar-refractivity contribution in [1.82, 2.24) is 14.1 Å². The standard InChI is InChI=1S/C70H68N4O/c1-44(2)35-45-36-46(38-49(37-45)70(9,10)11)53-24-17-25-59-55-22-13-12-21-54(55)56-31-29-47(68(3,4)5)39-61(56)60-26-18-28-63-67(60)73(66(53)59)43-72(63)50-19-16-20-51(41-50)75-52-30-32-58-57-23-14-15-27-62(57)74(64(58)42-52)65-40-48(33-34-71-65)69(6,7)8/h12-34,36-42,44H,35,43H2,1-11H3/i35D2. The summed E-state index contributed by atoms with van der Waals surface area (Å²) in [6.07, 6.45) is 0.372. The van der Waals surface area contributed by atoms with Crippen molar-refractivity contribution in [3.63, 3.8) is 0 Å². The van der Waals surface area contributed by atoms with Crippen LogP contribution in [0.15, 0.2) is 182 Å². The number of hydrogen-bond donors (Lipinski definition) is 0. The van der Waals surface area contributed by atoms with E-state index in [1.165, 1.54) is 32.7 Å². The molecule has 0 N–H and O–H groups in total. The largest absolute Gasteiger partial charge is 0.457 e. The van der Waals surface area contributed by atoms with Crippen molar-refractivity contribution in [2.24, 2.45) is 5.92 Å². The summed E-state index contributed by atoms with van der Waals surface area (Å²) >= 11 is 0. The summed E-state index contributed by atoms with van der Waals surface area (Å²) in [5, 5.41) is 9.28. The monoisotopic (exact) mass is 983 g/mol. The minimum atomic E-state index is -1.55. The highest BCUT2D eigenvalue weighted by molar-refractivity contribution is 6.22. The summed E-state index contributed by atoms with van der Waals surface area (Å²) in [5.74, 6) is 2.12. The molecule has 0 aliphatic carbocycles. The van der Waals surface area contributed by atoms with E-state index in [-0.39, 0.29) is 22.2 Å². The quantitative estimate of drug-likeness (QED) is 0.160. The number of anilines is 2. The Labute approximate surface area is 445 Å². The molecule has 0 unspecified atom stereocenters. The molecule has 0 fully saturated rings. The lowest BCUT2D eigenvalue weighted by Gasteiger charge is -2.23. The third kappa shape index (κ3) is 8.57. The van der Waals surface area contributed by atoms with Crippen LogP contribution in [0.2, 0.25) is 0 Å². The van der Waals surface area contributed by atoms with Gasteiger partial charge < -0.3 is 14.2 Å². The molecule has 0 saturated carbocycles. The molecular formula is C70H68N4O. The van der Waals surface area contributed by atoms with E-state index < -0.39 is 6.37 Å². The molecule has 374 valence electrons. The van der Waals surface area contributed by atoms with Crippen LogP contribution < -0.4 is 9.64 Å². The van der Waals surface area contributed by atoms with Crippen molar-refractivity contribution >= 4 is 76.5 Å². The molecule has 12 rings (SSSR count). The molecule has 0 radical (unpaired) electrons. The van der Waals surface area contributed by atoms with Gasteiger partial charge in [0.25, 0.3) is 0 Å². The van der Waals surface area contributed by atoms with Gasteiger partial charge in [-0.25, -0.2) is 4.98 Å². The maximum absolute atomic E-state index is 9.45. The Kier molecular flexibility index (Phi) is 10.9. The van der Waals surface area contributed by atoms with Crippen LogP contribution in [0.4, 0.5) is 11.4 Å². The summed E-state index contributed by atoms with van der Waals surface area (Å²) in [4.78, 5) is 7.36. The highest BCUT2D eigenvalue weighted by Gasteiger charge is 2.27. The van der Waals surface area contributed by atoms with Crippen LogP contribution in [0.25, 0.3) is 82.1 Å². The zero-order valence-electron chi connectivity index (χ0n) is 47.3. The highest BCUT2D eigenvalue weighted by atomic mass is 16.5. The Hall–Kier alpha value is -7.89. The minimum Gasteiger partial charge on any atom is -0.457 e. The number of aromatic nitrogens is 3. The predicted octanol–water partition coefficient (Wildman–Crippen LogP) is 19.4. The van der Waals surface area contributed by atoms with Crippen molar-refractivity contribution in [2.75, 3.05) is 4.90 Å². The number of fused-ring (bicyclic) bond motifs is 10. The number of rotatable bonds is 7. The lowest BCUT2D eigenvalue weighted by atomic mass is 9.83. The number of para-hydroxylation sites is 3. The minimum absolute atomic E-state index is 0.0364. The maximum atomic E-state index is 9.45. The van der Waals surface area contributed by atoms with Crippen molar-refractivity contribution in [1.29, 1.82) is 0 Å². The number of nitrogens with zero attached hydrogens (tertiary/aromatic N) is 4. The van der Waals surface area contributed by atoms with Gasteiger partial charge in [-0.3, -0.25) is 4.57 Å². The van der Waals surface area contributed by atoms with E-state index in [2.05, 4.69) is 246 Å². The van der Waals surface area contributed by atoms with Gasteiger partial charge >= 0.3 is 0 Å². The first-order chi connectivity index (χ1) is 36.6. The maximum Gasteiger partial charge on any atom is 0.137 e. The molecule has 0 bridgehead atoms. The number of hydrogen-bond acceptors (Lipinski definition) is 3. The molecule has 75 heavy (non-hydrogen) atoms. The molecule has 8 aromatic carbocycles. The zero-order chi connectivity index (χ0) is 53.9. The average molecular weight is 983 g/mol. The molecule has 1 aliphatic rings.